The number of hydrogen-bond donors (Lipinski definition) is 2. The highest BCUT2D eigenvalue weighted by Gasteiger charge is 2.29. The zero-order valence-electron chi connectivity index (χ0n) is 17.2. The number of carbonyl (C=O) groups is 2. The Hall–Kier alpha value is -2.82. The Morgan fingerprint density at radius 3 is 2.48 bits per heavy atom. The smallest absolute Gasteiger partial charge is 0.253 e. The quantitative estimate of drug-likeness (QED) is 0.822. The van der Waals surface area contributed by atoms with Gasteiger partial charge in [0.05, 0.1) is 11.4 Å². The molecule has 2 heterocycles. The van der Waals surface area contributed by atoms with Gasteiger partial charge >= 0.3 is 0 Å². The van der Waals surface area contributed by atoms with Crippen LogP contribution in [-0.2, 0) is 11.2 Å². The molecule has 0 aromatic heterocycles. The fourth-order valence-corrected chi connectivity index (χ4v) is 4.29. The van der Waals surface area contributed by atoms with Crippen LogP contribution in [0, 0.1) is 11.8 Å². The highest BCUT2D eigenvalue weighted by Crippen LogP contribution is 2.31. The van der Waals surface area contributed by atoms with Crippen LogP contribution in [0.5, 0.6) is 0 Å². The predicted molar refractivity (Wildman–Crippen MR) is 116 cm³/mol. The highest BCUT2D eigenvalue weighted by molar-refractivity contribution is 6.05. The molecule has 0 unspecified atom stereocenters. The van der Waals surface area contributed by atoms with E-state index in [1.165, 1.54) is 5.56 Å². The lowest BCUT2D eigenvalue weighted by molar-refractivity contribution is -0.117. The Morgan fingerprint density at radius 1 is 1.07 bits per heavy atom. The van der Waals surface area contributed by atoms with Gasteiger partial charge in [0, 0.05) is 18.7 Å². The lowest BCUT2D eigenvalue weighted by Crippen LogP contribution is -2.42. The SMILES string of the molecule is CC(C)[C@@H]1Nc2ccc(C(=O)N3CCC(Cc4ccccc4)CC3)cc2NC1=O. The Kier molecular flexibility index (Phi) is 5.56. The van der Waals surface area contributed by atoms with E-state index >= 15 is 0 Å². The summed E-state index contributed by atoms with van der Waals surface area (Å²) in [5.74, 6) is 0.827. The van der Waals surface area contributed by atoms with Gasteiger partial charge in [-0.3, -0.25) is 9.59 Å². The molecular weight excluding hydrogens is 362 g/mol. The topological polar surface area (TPSA) is 61.4 Å². The summed E-state index contributed by atoms with van der Waals surface area (Å²) in [6.07, 6.45) is 3.14. The summed E-state index contributed by atoms with van der Waals surface area (Å²) < 4.78 is 0. The van der Waals surface area contributed by atoms with Crippen molar-refractivity contribution in [1.29, 1.82) is 0 Å². The molecule has 1 fully saturated rings. The van der Waals surface area contributed by atoms with Crippen molar-refractivity contribution in [1.82, 2.24) is 4.90 Å². The van der Waals surface area contributed by atoms with Crippen LogP contribution >= 0.6 is 0 Å². The van der Waals surface area contributed by atoms with Gasteiger partial charge in [-0.25, -0.2) is 0 Å². The van der Waals surface area contributed by atoms with Crippen LogP contribution < -0.4 is 10.6 Å². The average molecular weight is 392 g/mol. The number of amides is 2. The highest BCUT2D eigenvalue weighted by atomic mass is 16.2. The minimum Gasteiger partial charge on any atom is -0.372 e. The molecule has 2 N–H and O–H groups in total. The maximum Gasteiger partial charge on any atom is 0.253 e. The molecule has 2 aliphatic rings. The van der Waals surface area contributed by atoms with Crippen LogP contribution in [0.15, 0.2) is 48.5 Å². The fraction of sp³-hybridized carbons (Fsp3) is 0.417. The Balaban J connectivity index is 1.38. The maximum atomic E-state index is 13.0. The molecule has 152 valence electrons. The first-order chi connectivity index (χ1) is 14.0. The molecule has 2 aromatic carbocycles. The van der Waals surface area contributed by atoms with E-state index in [0.29, 0.717) is 17.2 Å². The molecule has 0 spiro atoms. The largest absolute Gasteiger partial charge is 0.372 e. The van der Waals surface area contributed by atoms with E-state index < -0.39 is 0 Å². The molecular formula is C24H29N3O2. The van der Waals surface area contributed by atoms with Crippen molar-refractivity contribution in [3.05, 3.63) is 59.7 Å². The third-order valence-corrected chi connectivity index (χ3v) is 6.05. The van der Waals surface area contributed by atoms with Gasteiger partial charge in [-0.1, -0.05) is 44.2 Å². The molecule has 2 amide bonds. The van der Waals surface area contributed by atoms with Crippen molar-refractivity contribution >= 4 is 23.2 Å². The lowest BCUT2D eigenvalue weighted by atomic mass is 9.90. The van der Waals surface area contributed by atoms with Gasteiger partial charge in [0.1, 0.15) is 6.04 Å². The summed E-state index contributed by atoms with van der Waals surface area (Å²) >= 11 is 0. The number of hydrogen-bond acceptors (Lipinski definition) is 3. The number of likely N-dealkylation sites (tertiary alicyclic amines) is 1. The number of anilines is 2. The minimum atomic E-state index is -0.243. The number of piperidine rings is 1. The summed E-state index contributed by atoms with van der Waals surface area (Å²) in [6, 6.07) is 15.9. The Labute approximate surface area is 172 Å². The van der Waals surface area contributed by atoms with Gasteiger partial charge in [-0.05, 0) is 54.9 Å². The molecule has 0 saturated carbocycles. The molecule has 0 bridgehead atoms. The molecule has 0 radical (unpaired) electrons. The van der Waals surface area contributed by atoms with Crippen molar-refractivity contribution in [2.24, 2.45) is 11.8 Å². The second kappa shape index (κ2) is 8.27. The van der Waals surface area contributed by atoms with Gasteiger partial charge in [-0.15, -0.1) is 0 Å². The summed E-state index contributed by atoms with van der Waals surface area (Å²) in [5.41, 5.74) is 3.57. The minimum absolute atomic E-state index is 0.0428. The van der Waals surface area contributed by atoms with Crippen LogP contribution in [0.3, 0.4) is 0 Å². The summed E-state index contributed by atoms with van der Waals surface area (Å²) in [7, 11) is 0. The number of rotatable bonds is 4. The van der Waals surface area contributed by atoms with Crippen molar-refractivity contribution < 1.29 is 9.59 Å². The molecule has 4 rings (SSSR count). The number of benzene rings is 2. The third kappa shape index (κ3) is 4.29. The summed E-state index contributed by atoms with van der Waals surface area (Å²) in [4.78, 5) is 27.2. The lowest BCUT2D eigenvalue weighted by Gasteiger charge is -2.33. The first kappa shape index (κ1) is 19.5. The van der Waals surface area contributed by atoms with E-state index in [1.807, 2.05) is 36.9 Å². The van der Waals surface area contributed by atoms with E-state index in [1.54, 1.807) is 6.07 Å². The molecule has 29 heavy (non-hydrogen) atoms. The van der Waals surface area contributed by atoms with E-state index in [2.05, 4.69) is 34.9 Å². The van der Waals surface area contributed by atoms with Crippen molar-refractivity contribution in [2.45, 2.75) is 39.2 Å². The summed E-state index contributed by atoms with van der Waals surface area (Å²) in [6.45, 7) is 5.60. The van der Waals surface area contributed by atoms with Crippen molar-refractivity contribution in [3.8, 4) is 0 Å². The molecule has 2 aromatic rings. The van der Waals surface area contributed by atoms with Gasteiger partial charge in [-0.2, -0.15) is 0 Å². The molecule has 1 atom stereocenters. The molecule has 5 nitrogen and oxygen atoms in total. The number of nitrogens with zero attached hydrogens (tertiary/aromatic N) is 1. The third-order valence-electron chi connectivity index (χ3n) is 6.05. The van der Waals surface area contributed by atoms with Gasteiger partial charge in [0.2, 0.25) is 5.91 Å². The molecule has 2 aliphatic heterocycles. The molecule has 1 saturated heterocycles. The Bertz CT molecular complexity index is 886. The van der Waals surface area contributed by atoms with Crippen LogP contribution in [0.4, 0.5) is 11.4 Å². The monoisotopic (exact) mass is 391 g/mol. The average Bonchev–Trinajstić information content (AvgIpc) is 2.73. The number of carbonyl (C=O) groups excluding carboxylic acids is 2. The number of nitrogens with one attached hydrogen (secondary N) is 2. The predicted octanol–water partition coefficient (Wildman–Crippen LogP) is 4.17. The maximum absolute atomic E-state index is 13.0. The Morgan fingerprint density at radius 2 is 1.79 bits per heavy atom. The van der Waals surface area contributed by atoms with Crippen LogP contribution in [0.1, 0.15) is 42.6 Å². The standard InChI is InChI=1S/C24H29N3O2/c1-16(2)22-23(28)26-21-15-19(8-9-20(21)25-22)24(29)27-12-10-18(11-13-27)14-17-6-4-3-5-7-17/h3-9,15-16,18,22,25H,10-14H2,1-2H3,(H,26,28)/t22-/m0/s1. The van der Waals surface area contributed by atoms with Crippen LogP contribution in [0.25, 0.3) is 0 Å². The fourth-order valence-electron chi connectivity index (χ4n) is 4.29. The van der Waals surface area contributed by atoms with Crippen molar-refractivity contribution in [2.75, 3.05) is 23.7 Å². The van der Waals surface area contributed by atoms with Crippen LogP contribution in [-0.4, -0.2) is 35.8 Å². The van der Waals surface area contributed by atoms with Gasteiger partial charge in [0.25, 0.3) is 5.91 Å². The van der Waals surface area contributed by atoms with E-state index in [0.717, 1.165) is 38.0 Å². The van der Waals surface area contributed by atoms with E-state index in [4.69, 9.17) is 0 Å². The zero-order valence-corrected chi connectivity index (χ0v) is 17.2. The molecule has 5 heteroatoms. The second-order valence-electron chi connectivity index (χ2n) is 8.54. The normalized spacial score (nSPS) is 19.5. The van der Waals surface area contributed by atoms with Crippen LogP contribution in [0.2, 0.25) is 0 Å². The van der Waals surface area contributed by atoms with Gasteiger partial charge in [0.15, 0.2) is 0 Å². The first-order valence-corrected chi connectivity index (χ1v) is 10.6. The summed E-state index contributed by atoms with van der Waals surface area (Å²) in [5, 5.41) is 6.24. The van der Waals surface area contributed by atoms with Gasteiger partial charge < -0.3 is 15.5 Å². The zero-order chi connectivity index (χ0) is 20.4. The molecule has 0 aliphatic carbocycles. The van der Waals surface area contributed by atoms with E-state index in [-0.39, 0.29) is 23.8 Å². The van der Waals surface area contributed by atoms with Crippen molar-refractivity contribution in [3.63, 3.8) is 0 Å². The van der Waals surface area contributed by atoms with E-state index in [9.17, 15) is 9.59 Å². The number of fused-ring (bicyclic) bond motifs is 1. The first-order valence-electron chi connectivity index (χ1n) is 10.6. The second-order valence-corrected chi connectivity index (χ2v) is 8.54.